The van der Waals surface area contributed by atoms with Gasteiger partial charge in [0, 0.05) is 6.04 Å². The molecule has 1 saturated carbocycles. The van der Waals surface area contributed by atoms with Crippen LogP contribution in [0.1, 0.15) is 38.5 Å². The Labute approximate surface area is 63.2 Å². The molecule has 0 aromatic rings. The molecule has 0 spiro atoms. The highest BCUT2D eigenvalue weighted by molar-refractivity contribution is 4.84. The molecule has 0 radical (unpaired) electrons. The van der Waals surface area contributed by atoms with Gasteiger partial charge in [0.15, 0.2) is 0 Å². The van der Waals surface area contributed by atoms with E-state index in [1.54, 1.807) is 0 Å². The van der Waals surface area contributed by atoms with Crippen molar-refractivity contribution < 1.29 is 0 Å². The lowest BCUT2D eigenvalue weighted by Gasteiger charge is -2.36. The van der Waals surface area contributed by atoms with E-state index in [-0.39, 0.29) is 0 Å². The summed E-state index contributed by atoms with van der Waals surface area (Å²) in [6.45, 7) is 1.28. The minimum atomic E-state index is 0.905. The Kier molecular flexibility index (Phi) is 1.94. The zero-order chi connectivity index (χ0) is 6.81. The van der Waals surface area contributed by atoms with E-state index < -0.39 is 0 Å². The topological polar surface area (TPSA) is 12.0 Å². The summed E-state index contributed by atoms with van der Waals surface area (Å²) in [7, 11) is 0. The molecule has 0 aromatic carbocycles. The van der Waals surface area contributed by atoms with Gasteiger partial charge in [-0.1, -0.05) is 12.8 Å². The average molecular weight is 139 g/mol. The monoisotopic (exact) mass is 139 g/mol. The van der Waals surface area contributed by atoms with Crippen LogP contribution in [0.3, 0.4) is 0 Å². The molecule has 2 atom stereocenters. The van der Waals surface area contributed by atoms with Crippen molar-refractivity contribution in [3.8, 4) is 0 Å². The van der Waals surface area contributed by atoms with Gasteiger partial charge in [-0.25, -0.2) is 0 Å². The van der Waals surface area contributed by atoms with Crippen molar-refractivity contribution in [2.24, 2.45) is 5.92 Å². The van der Waals surface area contributed by atoms with Gasteiger partial charge < -0.3 is 5.32 Å². The molecular weight excluding hydrogens is 122 g/mol. The molecule has 1 saturated heterocycles. The van der Waals surface area contributed by atoms with Crippen molar-refractivity contribution in [3.63, 3.8) is 0 Å². The molecule has 2 aliphatic rings. The lowest BCUT2D eigenvalue weighted by atomic mass is 9.80. The van der Waals surface area contributed by atoms with Crippen LogP contribution in [0.5, 0.6) is 0 Å². The van der Waals surface area contributed by atoms with E-state index in [0.717, 1.165) is 12.0 Å². The van der Waals surface area contributed by atoms with E-state index >= 15 is 0 Å². The maximum atomic E-state index is 3.62. The highest BCUT2D eigenvalue weighted by atomic mass is 14.9. The Hall–Kier alpha value is -0.0400. The second kappa shape index (κ2) is 2.91. The minimum Gasteiger partial charge on any atom is -0.314 e. The third kappa shape index (κ3) is 1.20. The summed E-state index contributed by atoms with van der Waals surface area (Å²) in [5, 5.41) is 3.62. The summed E-state index contributed by atoms with van der Waals surface area (Å²) in [6, 6.07) is 0.905. The van der Waals surface area contributed by atoms with Gasteiger partial charge in [-0.2, -0.15) is 0 Å². The summed E-state index contributed by atoms with van der Waals surface area (Å²) in [6.07, 6.45) is 8.82. The van der Waals surface area contributed by atoms with Crippen LogP contribution in [0, 0.1) is 5.92 Å². The van der Waals surface area contributed by atoms with Crippen LogP contribution in [0.2, 0.25) is 0 Å². The first-order valence-electron chi connectivity index (χ1n) is 4.70. The predicted octanol–water partition coefficient (Wildman–Crippen LogP) is 1.93. The Balaban J connectivity index is 1.93. The van der Waals surface area contributed by atoms with Crippen molar-refractivity contribution in [2.75, 3.05) is 6.54 Å². The molecule has 1 aliphatic heterocycles. The Bertz CT molecular complexity index is 85.3. The van der Waals surface area contributed by atoms with Gasteiger partial charge in [0.1, 0.15) is 0 Å². The highest BCUT2D eigenvalue weighted by Gasteiger charge is 2.26. The second-order valence-corrected chi connectivity index (χ2v) is 3.75. The van der Waals surface area contributed by atoms with Gasteiger partial charge in [0.05, 0.1) is 0 Å². The van der Waals surface area contributed by atoms with E-state index in [4.69, 9.17) is 0 Å². The van der Waals surface area contributed by atoms with E-state index in [2.05, 4.69) is 5.32 Å². The van der Waals surface area contributed by atoms with Crippen LogP contribution in [-0.4, -0.2) is 12.6 Å². The zero-order valence-corrected chi connectivity index (χ0v) is 6.60. The normalized spacial score (nSPS) is 40.8. The number of hydrogen-bond donors (Lipinski definition) is 1. The molecule has 1 nitrogen and oxygen atoms in total. The van der Waals surface area contributed by atoms with E-state index in [1.165, 1.54) is 45.1 Å². The van der Waals surface area contributed by atoms with Crippen molar-refractivity contribution in [2.45, 2.75) is 44.6 Å². The van der Waals surface area contributed by atoms with Crippen molar-refractivity contribution in [1.29, 1.82) is 0 Å². The Morgan fingerprint density at radius 1 is 0.900 bits per heavy atom. The first kappa shape index (κ1) is 6.66. The minimum absolute atomic E-state index is 0.905. The molecule has 1 aliphatic carbocycles. The van der Waals surface area contributed by atoms with Crippen LogP contribution in [0.25, 0.3) is 0 Å². The van der Waals surface area contributed by atoms with Crippen molar-refractivity contribution in [3.05, 3.63) is 0 Å². The molecule has 0 bridgehead atoms. The molecule has 1 heteroatoms. The number of hydrogen-bond acceptors (Lipinski definition) is 1. The van der Waals surface area contributed by atoms with Crippen LogP contribution < -0.4 is 5.32 Å². The van der Waals surface area contributed by atoms with Gasteiger partial charge >= 0.3 is 0 Å². The van der Waals surface area contributed by atoms with Crippen molar-refractivity contribution in [1.82, 2.24) is 5.32 Å². The molecule has 0 aromatic heterocycles. The summed E-state index contributed by atoms with van der Waals surface area (Å²) < 4.78 is 0. The second-order valence-electron chi connectivity index (χ2n) is 3.75. The third-order valence-corrected chi connectivity index (χ3v) is 3.07. The highest BCUT2D eigenvalue weighted by Crippen LogP contribution is 2.29. The van der Waals surface area contributed by atoms with E-state index in [1.807, 2.05) is 0 Å². The largest absolute Gasteiger partial charge is 0.314 e. The summed E-state index contributed by atoms with van der Waals surface area (Å²) >= 11 is 0. The number of rotatable bonds is 0. The van der Waals surface area contributed by atoms with Gasteiger partial charge in [-0.15, -0.1) is 0 Å². The lowest BCUT2D eigenvalue weighted by molar-refractivity contribution is 0.212. The van der Waals surface area contributed by atoms with Gasteiger partial charge in [-0.3, -0.25) is 0 Å². The Morgan fingerprint density at radius 3 is 2.60 bits per heavy atom. The van der Waals surface area contributed by atoms with E-state index in [9.17, 15) is 0 Å². The van der Waals surface area contributed by atoms with Crippen molar-refractivity contribution >= 4 is 0 Å². The maximum absolute atomic E-state index is 3.62. The SMILES string of the molecule is C1CC[C@H]2NCCCC2C1. The molecule has 2 rings (SSSR count). The quantitative estimate of drug-likeness (QED) is 0.540. The average Bonchev–Trinajstić information content (AvgIpc) is 2.05. The molecule has 58 valence electrons. The predicted molar refractivity (Wildman–Crippen MR) is 43.0 cm³/mol. The fourth-order valence-corrected chi connectivity index (χ4v) is 2.47. The fourth-order valence-electron chi connectivity index (χ4n) is 2.47. The van der Waals surface area contributed by atoms with Crippen LogP contribution in [0.15, 0.2) is 0 Å². The number of fused-ring (bicyclic) bond motifs is 1. The molecule has 0 amide bonds. The number of nitrogens with one attached hydrogen (secondary N) is 1. The van der Waals surface area contributed by atoms with Gasteiger partial charge in [0.25, 0.3) is 0 Å². The molecule has 1 N–H and O–H groups in total. The smallest absolute Gasteiger partial charge is 0.00953 e. The molecule has 1 unspecified atom stereocenters. The molecular formula is C9H17N. The molecule has 1 heterocycles. The number of piperidine rings is 1. The summed E-state index contributed by atoms with van der Waals surface area (Å²) in [5.41, 5.74) is 0. The van der Waals surface area contributed by atoms with Crippen LogP contribution >= 0.6 is 0 Å². The molecule has 2 fully saturated rings. The van der Waals surface area contributed by atoms with Crippen LogP contribution in [0.4, 0.5) is 0 Å². The Morgan fingerprint density at radius 2 is 1.70 bits per heavy atom. The molecule has 10 heavy (non-hydrogen) atoms. The summed E-state index contributed by atoms with van der Waals surface area (Å²) in [4.78, 5) is 0. The zero-order valence-electron chi connectivity index (χ0n) is 6.60. The first-order valence-corrected chi connectivity index (χ1v) is 4.70. The fraction of sp³-hybridized carbons (Fsp3) is 1.00. The van der Waals surface area contributed by atoms with E-state index in [0.29, 0.717) is 0 Å². The maximum Gasteiger partial charge on any atom is 0.00953 e. The lowest BCUT2D eigenvalue weighted by Crippen LogP contribution is -2.42. The first-order chi connectivity index (χ1) is 4.97. The third-order valence-electron chi connectivity index (χ3n) is 3.07. The van der Waals surface area contributed by atoms with Crippen LogP contribution in [-0.2, 0) is 0 Å². The van der Waals surface area contributed by atoms with Gasteiger partial charge in [0.2, 0.25) is 0 Å². The van der Waals surface area contributed by atoms with Gasteiger partial charge in [-0.05, 0) is 38.1 Å². The standard InChI is InChI=1S/C9H17N/c1-2-6-9-8(4-1)5-3-7-10-9/h8-10H,1-7H2/t8?,9-/m1/s1. The summed E-state index contributed by atoms with van der Waals surface area (Å²) in [5.74, 6) is 1.04.